The summed E-state index contributed by atoms with van der Waals surface area (Å²) in [6.45, 7) is 7.01. The van der Waals surface area contributed by atoms with E-state index in [1.807, 2.05) is 0 Å². The summed E-state index contributed by atoms with van der Waals surface area (Å²) in [6, 6.07) is 0. The zero-order chi connectivity index (χ0) is 8.27. The van der Waals surface area contributed by atoms with Crippen molar-refractivity contribution in [2.75, 3.05) is 0 Å². The van der Waals surface area contributed by atoms with Gasteiger partial charge in [0.05, 0.1) is 0 Å². The van der Waals surface area contributed by atoms with Crippen molar-refractivity contribution < 1.29 is 0 Å². The molecule has 2 unspecified atom stereocenters. The fraction of sp³-hybridized carbons (Fsp3) is 0.818. The lowest BCUT2D eigenvalue weighted by molar-refractivity contribution is 0.475. The Balaban J connectivity index is 2.59. The Morgan fingerprint density at radius 3 is 2.91 bits per heavy atom. The van der Waals surface area contributed by atoms with Gasteiger partial charge in [0.25, 0.3) is 0 Å². The highest BCUT2D eigenvalue weighted by molar-refractivity contribution is 5.11. The fourth-order valence-corrected chi connectivity index (χ4v) is 1.98. The third-order valence-corrected chi connectivity index (χ3v) is 2.97. The van der Waals surface area contributed by atoms with Crippen LogP contribution in [-0.2, 0) is 0 Å². The van der Waals surface area contributed by atoms with E-state index in [9.17, 15) is 0 Å². The molecule has 0 radical (unpaired) electrons. The third kappa shape index (κ3) is 2.08. The normalized spacial score (nSPS) is 27.9. The van der Waals surface area contributed by atoms with Crippen molar-refractivity contribution in [3.05, 3.63) is 11.6 Å². The molecule has 0 heterocycles. The van der Waals surface area contributed by atoms with E-state index in [2.05, 4.69) is 26.8 Å². The second-order valence-corrected chi connectivity index (χ2v) is 3.85. The van der Waals surface area contributed by atoms with Gasteiger partial charge in [-0.05, 0) is 37.5 Å². The lowest BCUT2D eigenvalue weighted by atomic mass is 9.81. The largest absolute Gasteiger partial charge is 0.0848 e. The molecule has 1 aliphatic rings. The molecule has 0 aromatic carbocycles. The van der Waals surface area contributed by atoms with Gasteiger partial charge in [-0.15, -0.1) is 0 Å². The monoisotopic (exact) mass is 152 g/mol. The molecule has 0 fully saturated rings. The Bertz CT molecular complexity index is 144. The van der Waals surface area contributed by atoms with Crippen molar-refractivity contribution >= 4 is 0 Å². The van der Waals surface area contributed by atoms with E-state index in [-0.39, 0.29) is 0 Å². The van der Waals surface area contributed by atoms with Crippen molar-refractivity contribution in [1.82, 2.24) is 0 Å². The second-order valence-electron chi connectivity index (χ2n) is 3.85. The Morgan fingerprint density at radius 1 is 1.64 bits per heavy atom. The Morgan fingerprint density at radius 2 is 2.36 bits per heavy atom. The average Bonchev–Trinajstić information content (AvgIpc) is 2.04. The molecular weight excluding hydrogens is 132 g/mol. The number of allylic oxidation sites excluding steroid dienone is 2. The molecule has 0 aromatic heterocycles. The maximum atomic E-state index is 2.47. The molecule has 0 bridgehead atoms. The zero-order valence-corrected chi connectivity index (χ0v) is 8.06. The van der Waals surface area contributed by atoms with Crippen molar-refractivity contribution in [1.29, 1.82) is 0 Å². The van der Waals surface area contributed by atoms with E-state index in [1.165, 1.54) is 25.7 Å². The van der Waals surface area contributed by atoms with E-state index in [4.69, 9.17) is 0 Å². The predicted octanol–water partition coefficient (Wildman–Crippen LogP) is 3.78. The quantitative estimate of drug-likeness (QED) is 0.528. The minimum atomic E-state index is 0.824. The Labute approximate surface area is 70.7 Å². The lowest BCUT2D eigenvalue weighted by Crippen LogP contribution is -2.11. The van der Waals surface area contributed by atoms with Crippen LogP contribution in [-0.4, -0.2) is 0 Å². The first-order valence-electron chi connectivity index (χ1n) is 4.95. The fourth-order valence-electron chi connectivity index (χ4n) is 1.98. The summed E-state index contributed by atoms with van der Waals surface area (Å²) < 4.78 is 0. The molecule has 0 aliphatic heterocycles. The summed E-state index contributed by atoms with van der Waals surface area (Å²) in [6.07, 6.45) is 7.92. The molecule has 0 heteroatoms. The standard InChI is InChI=1S/C11H20/c1-4-9(2)11-8-6-5-7-10(11)3/h8-10H,4-7H2,1-3H3. The molecule has 64 valence electrons. The van der Waals surface area contributed by atoms with E-state index in [0.717, 1.165) is 11.8 Å². The lowest BCUT2D eigenvalue weighted by Gasteiger charge is -2.24. The minimum absolute atomic E-state index is 0.824. The Hall–Kier alpha value is -0.260. The molecule has 11 heavy (non-hydrogen) atoms. The van der Waals surface area contributed by atoms with E-state index in [1.54, 1.807) is 5.57 Å². The van der Waals surface area contributed by atoms with Crippen LogP contribution in [0.5, 0.6) is 0 Å². The van der Waals surface area contributed by atoms with Crippen molar-refractivity contribution in [3.8, 4) is 0 Å². The van der Waals surface area contributed by atoms with Gasteiger partial charge in [0.1, 0.15) is 0 Å². The van der Waals surface area contributed by atoms with Gasteiger partial charge in [0, 0.05) is 0 Å². The molecule has 0 nitrogen and oxygen atoms in total. The summed E-state index contributed by atoms with van der Waals surface area (Å²) in [5.74, 6) is 1.68. The van der Waals surface area contributed by atoms with Crippen LogP contribution in [0, 0.1) is 11.8 Å². The summed E-state index contributed by atoms with van der Waals surface area (Å²) in [5, 5.41) is 0. The van der Waals surface area contributed by atoms with Crippen molar-refractivity contribution in [3.63, 3.8) is 0 Å². The Kier molecular flexibility index (Phi) is 3.16. The summed E-state index contributed by atoms with van der Waals surface area (Å²) in [4.78, 5) is 0. The van der Waals surface area contributed by atoms with Crippen LogP contribution in [0.1, 0.15) is 46.5 Å². The molecule has 2 atom stereocenters. The van der Waals surface area contributed by atoms with Crippen LogP contribution >= 0.6 is 0 Å². The predicted molar refractivity (Wildman–Crippen MR) is 50.6 cm³/mol. The van der Waals surface area contributed by atoms with E-state index in [0.29, 0.717) is 0 Å². The topological polar surface area (TPSA) is 0 Å². The van der Waals surface area contributed by atoms with Crippen LogP contribution in [0.15, 0.2) is 11.6 Å². The van der Waals surface area contributed by atoms with Crippen LogP contribution in [0.2, 0.25) is 0 Å². The number of hydrogen-bond acceptors (Lipinski definition) is 0. The SMILES string of the molecule is CCC(C)C1=CCCCC1C. The first kappa shape index (κ1) is 8.83. The molecular formula is C11H20. The van der Waals surface area contributed by atoms with Gasteiger partial charge in [-0.2, -0.15) is 0 Å². The second kappa shape index (κ2) is 3.94. The first-order valence-corrected chi connectivity index (χ1v) is 4.95. The maximum absolute atomic E-state index is 2.47. The molecule has 0 N–H and O–H groups in total. The van der Waals surface area contributed by atoms with Gasteiger partial charge in [-0.1, -0.05) is 32.4 Å². The van der Waals surface area contributed by atoms with E-state index >= 15 is 0 Å². The first-order chi connectivity index (χ1) is 5.25. The number of rotatable bonds is 2. The summed E-state index contributed by atoms with van der Waals surface area (Å²) in [5.41, 5.74) is 1.72. The minimum Gasteiger partial charge on any atom is -0.0848 e. The van der Waals surface area contributed by atoms with Crippen LogP contribution in [0.4, 0.5) is 0 Å². The molecule has 0 saturated heterocycles. The van der Waals surface area contributed by atoms with Gasteiger partial charge in [-0.3, -0.25) is 0 Å². The van der Waals surface area contributed by atoms with Gasteiger partial charge < -0.3 is 0 Å². The molecule has 0 amide bonds. The van der Waals surface area contributed by atoms with Crippen LogP contribution < -0.4 is 0 Å². The molecule has 1 aliphatic carbocycles. The highest BCUT2D eigenvalue weighted by Gasteiger charge is 2.16. The average molecular weight is 152 g/mol. The zero-order valence-electron chi connectivity index (χ0n) is 8.06. The van der Waals surface area contributed by atoms with Gasteiger partial charge >= 0.3 is 0 Å². The highest BCUT2D eigenvalue weighted by Crippen LogP contribution is 2.30. The molecule has 0 spiro atoms. The third-order valence-electron chi connectivity index (χ3n) is 2.97. The van der Waals surface area contributed by atoms with Crippen LogP contribution in [0.3, 0.4) is 0 Å². The molecule has 0 saturated carbocycles. The summed E-state index contributed by atoms with van der Waals surface area (Å²) >= 11 is 0. The smallest absolute Gasteiger partial charge is 0.0229 e. The van der Waals surface area contributed by atoms with Gasteiger partial charge in [-0.25, -0.2) is 0 Å². The van der Waals surface area contributed by atoms with Crippen molar-refractivity contribution in [2.24, 2.45) is 11.8 Å². The maximum Gasteiger partial charge on any atom is -0.0229 e. The van der Waals surface area contributed by atoms with Gasteiger partial charge in [0.15, 0.2) is 0 Å². The molecule has 0 aromatic rings. The van der Waals surface area contributed by atoms with Crippen molar-refractivity contribution in [2.45, 2.75) is 46.5 Å². The highest BCUT2D eigenvalue weighted by atomic mass is 14.2. The van der Waals surface area contributed by atoms with E-state index < -0.39 is 0 Å². The summed E-state index contributed by atoms with van der Waals surface area (Å²) in [7, 11) is 0. The number of hydrogen-bond donors (Lipinski definition) is 0. The van der Waals surface area contributed by atoms with Gasteiger partial charge in [0.2, 0.25) is 0 Å². The van der Waals surface area contributed by atoms with Crippen LogP contribution in [0.25, 0.3) is 0 Å². The molecule has 1 rings (SSSR count).